The van der Waals surface area contributed by atoms with Crippen molar-refractivity contribution < 1.29 is 50.5 Å². The third-order valence-corrected chi connectivity index (χ3v) is 7.70. The van der Waals surface area contributed by atoms with Crippen molar-refractivity contribution in [2.45, 2.75) is 50.8 Å². The van der Waals surface area contributed by atoms with Crippen LogP contribution < -0.4 is 9.64 Å². The van der Waals surface area contributed by atoms with Gasteiger partial charge < -0.3 is 19.5 Å². The summed E-state index contributed by atoms with van der Waals surface area (Å²) in [4.78, 5) is 32.4. The van der Waals surface area contributed by atoms with Gasteiger partial charge in [-0.05, 0) is 66.9 Å². The summed E-state index contributed by atoms with van der Waals surface area (Å²) in [5.74, 6) is -0.0341. The molecule has 5 rings (SSSR count). The van der Waals surface area contributed by atoms with Gasteiger partial charge in [-0.1, -0.05) is 6.07 Å². The van der Waals surface area contributed by atoms with Crippen molar-refractivity contribution in [3.63, 3.8) is 0 Å². The van der Waals surface area contributed by atoms with Crippen LogP contribution >= 0.6 is 0 Å². The Labute approximate surface area is 247 Å². The molecule has 2 aromatic carbocycles. The van der Waals surface area contributed by atoms with E-state index < -0.39 is 53.3 Å². The lowest BCUT2D eigenvalue weighted by Gasteiger charge is -2.33. The predicted molar refractivity (Wildman–Crippen MR) is 145 cm³/mol. The summed E-state index contributed by atoms with van der Waals surface area (Å²) >= 11 is 0. The number of carboxylic acid groups (broad SMARTS) is 1. The Morgan fingerprint density at radius 1 is 1.00 bits per heavy atom. The molecular weight excluding hydrogens is 596 g/mol. The molecule has 14 heteroatoms. The Hall–Kier alpha value is -4.49. The van der Waals surface area contributed by atoms with Crippen LogP contribution in [-0.4, -0.2) is 53.3 Å². The molecule has 0 radical (unpaired) electrons. The minimum absolute atomic E-state index is 0.0199. The highest BCUT2D eigenvalue weighted by Gasteiger charge is 2.43. The van der Waals surface area contributed by atoms with Gasteiger partial charge in [0.25, 0.3) is 0 Å². The highest BCUT2D eigenvalue weighted by Crippen LogP contribution is 2.42. The molecule has 0 aliphatic carbocycles. The fourth-order valence-corrected chi connectivity index (χ4v) is 5.29. The normalized spacial score (nSPS) is 18.7. The second kappa shape index (κ2) is 11.5. The van der Waals surface area contributed by atoms with E-state index in [2.05, 4.69) is 0 Å². The van der Waals surface area contributed by atoms with Crippen LogP contribution in [0.1, 0.15) is 47.4 Å². The van der Waals surface area contributed by atoms with Crippen LogP contribution in [0.25, 0.3) is 11.1 Å². The number of carboxylic acids is 1. The number of hydrogen-bond donors (Lipinski definition) is 1. The lowest BCUT2D eigenvalue weighted by Crippen LogP contribution is -2.38. The van der Waals surface area contributed by atoms with E-state index in [0.717, 1.165) is 19.5 Å². The molecule has 0 saturated carbocycles. The van der Waals surface area contributed by atoms with Crippen LogP contribution in [0.5, 0.6) is 5.75 Å². The van der Waals surface area contributed by atoms with E-state index in [0.29, 0.717) is 46.1 Å². The molecule has 2 aliphatic rings. The summed E-state index contributed by atoms with van der Waals surface area (Å²) in [7, 11) is 1.44. The Balaban J connectivity index is 1.54. The van der Waals surface area contributed by atoms with Crippen molar-refractivity contribution in [2.24, 2.45) is 0 Å². The van der Waals surface area contributed by atoms with Gasteiger partial charge >= 0.3 is 24.4 Å². The number of halogens is 6. The molecule has 1 N–H and O–H groups in total. The summed E-state index contributed by atoms with van der Waals surface area (Å²) in [6, 6.07) is 8.53. The van der Waals surface area contributed by atoms with E-state index in [-0.39, 0.29) is 19.0 Å². The zero-order valence-electron chi connectivity index (χ0n) is 23.5. The van der Waals surface area contributed by atoms with E-state index in [1.54, 1.807) is 30.3 Å². The number of amides is 1. The number of methoxy groups -OCH3 is 1. The minimum Gasteiger partial charge on any atom is -0.496 e. The average Bonchev–Trinajstić information content (AvgIpc) is 3.19. The Kier molecular flexibility index (Phi) is 8.12. The van der Waals surface area contributed by atoms with Crippen molar-refractivity contribution in [3.8, 4) is 16.9 Å². The van der Waals surface area contributed by atoms with Crippen LogP contribution in [0.3, 0.4) is 0 Å². The second-order valence-corrected chi connectivity index (χ2v) is 10.6. The standard InChI is InChI=1S/C30H27F6N3O5/c1-16-27(18-12-19(29(31,32)33)14-20(13-18)30(34,35)36)44-28(42)39(16)15-23-21(5-7-25(37-23)38-8-3-9-38)22-10-17(11-26(40)41)4-6-24(22)43-2/h4-7,10,12-14,16,27H,3,8-9,11,15H2,1-2H3,(H,40,41)/t16?,27-/m0/s1. The second-order valence-electron chi connectivity index (χ2n) is 10.6. The maximum atomic E-state index is 13.5. The molecular formula is C30H27F6N3O5. The fourth-order valence-electron chi connectivity index (χ4n) is 5.29. The van der Waals surface area contributed by atoms with Gasteiger partial charge in [-0.2, -0.15) is 26.3 Å². The van der Waals surface area contributed by atoms with E-state index in [9.17, 15) is 41.0 Å². The summed E-state index contributed by atoms with van der Waals surface area (Å²) in [5, 5.41) is 9.30. The summed E-state index contributed by atoms with van der Waals surface area (Å²) in [6.45, 7) is 2.77. The highest BCUT2D eigenvalue weighted by molar-refractivity contribution is 5.78. The fraction of sp³-hybridized carbons (Fsp3) is 0.367. The molecule has 0 spiro atoms. The number of benzene rings is 2. The number of alkyl halides is 6. The quantitative estimate of drug-likeness (QED) is 0.279. The molecule has 2 atom stereocenters. The number of nitrogens with zero attached hydrogens (tertiary/aromatic N) is 3. The summed E-state index contributed by atoms with van der Waals surface area (Å²) in [5.41, 5.74) is -1.64. The van der Waals surface area contributed by atoms with Gasteiger partial charge in [0.1, 0.15) is 17.7 Å². The molecule has 44 heavy (non-hydrogen) atoms. The zero-order valence-corrected chi connectivity index (χ0v) is 23.5. The third-order valence-electron chi connectivity index (χ3n) is 7.70. The van der Waals surface area contributed by atoms with Gasteiger partial charge in [0, 0.05) is 24.2 Å². The van der Waals surface area contributed by atoms with E-state index in [1.807, 2.05) is 4.90 Å². The minimum atomic E-state index is -5.06. The number of pyridine rings is 1. The molecule has 2 fully saturated rings. The van der Waals surface area contributed by atoms with Crippen molar-refractivity contribution in [1.82, 2.24) is 9.88 Å². The first kappa shape index (κ1) is 31.0. The lowest BCUT2D eigenvalue weighted by molar-refractivity contribution is -0.143. The largest absolute Gasteiger partial charge is 0.496 e. The van der Waals surface area contributed by atoms with Gasteiger partial charge in [0.2, 0.25) is 0 Å². The molecule has 3 heterocycles. The molecule has 234 valence electrons. The zero-order chi connectivity index (χ0) is 32.0. The summed E-state index contributed by atoms with van der Waals surface area (Å²) in [6.07, 6.45) is -11.8. The van der Waals surface area contributed by atoms with Gasteiger partial charge in [-0.25, -0.2) is 9.78 Å². The molecule has 2 saturated heterocycles. The van der Waals surface area contributed by atoms with Crippen LogP contribution in [0.4, 0.5) is 37.0 Å². The molecule has 1 unspecified atom stereocenters. The molecule has 3 aromatic rings. The van der Waals surface area contributed by atoms with Crippen LogP contribution in [0, 0.1) is 0 Å². The van der Waals surface area contributed by atoms with Crippen LogP contribution in [0.2, 0.25) is 0 Å². The maximum Gasteiger partial charge on any atom is 0.416 e. The number of aromatic nitrogens is 1. The molecule has 0 bridgehead atoms. The molecule has 8 nitrogen and oxygen atoms in total. The molecule has 1 aromatic heterocycles. The number of carbonyl (C=O) groups excluding carboxylic acids is 1. The van der Waals surface area contributed by atoms with E-state index in [4.69, 9.17) is 14.5 Å². The number of aliphatic carboxylic acids is 1. The Bertz CT molecular complexity index is 1560. The van der Waals surface area contributed by atoms with Gasteiger partial charge in [-0.15, -0.1) is 0 Å². The van der Waals surface area contributed by atoms with Gasteiger partial charge in [0.15, 0.2) is 0 Å². The predicted octanol–water partition coefficient (Wildman–Crippen LogP) is 6.71. The summed E-state index contributed by atoms with van der Waals surface area (Å²) < 4.78 is 92.0. The van der Waals surface area contributed by atoms with Gasteiger partial charge in [-0.3, -0.25) is 9.69 Å². The smallest absolute Gasteiger partial charge is 0.416 e. The maximum absolute atomic E-state index is 13.5. The first-order chi connectivity index (χ1) is 20.7. The Morgan fingerprint density at radius 3 is 2.20 bits per heavy atom. The molecule has 2 aliphatic heterocycles. The van der Waals surface area contributed by atoms with Crippen molar-refractivity contribution >= 4 is 17.9 Å². The number of ether oxygens (including phenoxy) is 2. The van der Waals surface area contributed by atoms with Crippen molar-refractivity contribution in [3.05, 3.63) is 76.5 Å². The van der Waals surface area contributed by atoms with Crippen LogP contribution in [0.15, 0.2) is 48.5 Å². The first-order valence-electron chi connectivity index (χ1n) is 13.6. The first-order valence-corrected chi connectivity index (χ1v) is 13.6. The van der Waals surface area contributed by atoms with E-state index in [1.165, 1.54) is 18.9 Å². The van der Waals surface area contributed by atoms with E-state index >= 15 is 0 Å². The molecule has 1 amide bonds. The van der Waals surface area contributed by atoms with Crippen LogP contribution in [-0.2, 0) is 34.8 Å². The topological polar surface area (TPSA) is 92.2 Å². The lowest BCUT2D eigenvalue weighted by atomic mass is 9.96. The van der Waals surface area contributed by atoms with Crippen molar-refractivity contribution in [2.75, 3.05) is 25.1 Å². The number of carbonyl (C=O) groups is 2. The highest BCUT2D eigenvalue weighted by atomic mass is 19.4. The monoisotopic (exact) mass is 623 g/mol. The van der Waals surface area contributed by atoms with Gasteiger partial charge in [0.05, 0.1) is 42.9 Å². The number of cyclic esters (lactones) is 1. The van der Waals surface area contributed by atoms with Crippen molar-refractivity contribution in [1.29, 1.82) is 0 Å². The number of hydrogen-bond acceptors (Lipinski definition) is 6. The number of rotatable bonds is 8. The SMILES string of the molecule is COc1ccc(CC(=O)O)cc1-c1ccc(N2CCC2)nc1CN1C(=O)O[C@H](c2cc(C(F)(F)F)cc(C(F)(F)F)c2)C1C. The Morgan fingerprint density at radius 2 is 1.66 bits per heavy atom. The third kappa shape index (κ3) is 6.24. The average molecular weight is 624 g/mol. The number of anilines is 1.